The molecule has 2 aromatic carbocycles. The Labute approximate surface area is 172 Å². The fourth-order valence-corrected chi connectivity index (χ4v) is 3.81. The summed E-state index contributed by atoms with van der Waals surface area (Å²) in [7, 11) is 0. The molecule has 1 aliphatic heterocycles. The Hall–Kier alpha value is -3.58. The van der Waals surface area contributed by atoms with Crippen molar-refractivity contribution in [3.63, 3.8) is 0 Å². The average molecular weight is 403 g/mol. The maximum absolute atomic E-state index is 13.0. The van der Waals surface area contributed by atoms with Gasteiger partial charge < -0.3 is 19.1 Å². The first-order valence-corrected chi connectivity index (χ1v) is 9.74. The molecule has 1 atom stereocenters. The summed E-state index contributed by atoms with van der Waals surface area (Å²) in [6, 6.07) is 13.2. The zero-order valence-electron chi connectivity index (χ0n) is 16.7. The first-order chi connectivity index (χ1) is 14.5. The van der Waals surface area contributed by atoms with Crippen LogP contribution in [-0.4, -0.2) is 26.1 Å². The summed E-state index contributed by atoms with van der Waals surface area (Å²) in [5.41, 5.74) is 4.95. The predicted molar refractivity (Wildman–Crippen MR) is 112 cm³/mol. The second-order valence-electron chi connectivity index (χ2n) is 7.56. The molecule has 0 saturated carbocycles. The van der Waals surface area contributed by atoms with Gasteiger partial charge in [0.2, 0.25) is 6.79 Å². The highest BCUT2D eigenvalue weighted by Gasteiger charge is 2.18. The number of benzene rings is 2. The highest BCUT2D eigenvalue weighted by molar-refractivity contribution is 5.68. The molecule has 0 fully saturated rings. The third-order valence-electron chi connectivity index (χ3n) is 5.41. The van der Waals surface area contributed by atoms with E-state index in [4.69, 9.17) is 9.47 Å². The summed E-state index contributed by atoms with van der Waals surface area (Å²) in [4.78, 5) is 13.0. The molecule has 1 N–H and O–H groups in total. The van der Waals surface area contributed by atoms with Crippen LogP contribution in [0, 0.1) is 13.8 Å². The maximum atomic E-state index is 13.0. The lowest BCUT2D eigenvalue weighted by Gasteiger charge is -2.13. The number of hydrogen-bond donors (Lipinski definition) is 1. The Bertz CT molecular complexity index is 1320. The van der Waals surface area contributed by atoms with Crippen LogP contribution in [0.25, 0.3) is 16.8 Å². The Kier molecular flexibility index (Phi) is 4.33. The van der Waals surface area contributed by atoms with Crippen molar-refractivity contribution in [2.45, 2.75) is 26.5 Å². The lowest BCUT2D eigenvalue weighted by Crippen LogP contribution is -2.24. The second kappa shape index (κ2) is 7.03. The van der Waals surface area contributed by atoms with E-state index in [-0.39, 0.29) is 18.9 Å². The van der Waals surface area contributed by atoms with Gasteiger partial charge in [-0.15, -0.1) is 0 Å². The Morgan fingerprint density at radius 3 is 2.73 bits per heavy atom. The summed E-state index contributed by atoms with van der Waals surface area (Å²) < 4.78 is 13.8. The van der Waals surface area contributed by atoms with Crippen molar-refractivity contribution >= 4 is 5.52 Å². The summed E-state index contributed by atoms with van der Waals surface area (Å²) in [5, 5.41) is 15.2. The van der Waals surface area contributed by atoms with Crippen LogP contribution >= 0.6 is 0 Å². The van der Waals surface area contributed by atoms with Gasteiger partial charge in [-0.2, -0.15) is 5.10 Å². The Morgan fingerprint density at radius 2 is 1.90 bits per heavy atom. The Morgan fingerprint density at radius 1 is 1.07 bits per heavy atom. The summed E-state index contributed by atoms with van der Waals surface area (Å²) in [6.07, 6.45) is 2.52. The topological polar surface area (TPSA) is 78.0 Å². The number of nitrogens with zero attached hydrogens (tertiary/aromatic N) is 3. The third-order valence-corrected chi connectivity index (χ3v) is 5.41. The number of aliphatic hydroxyl groups excluding tert-OH is 1. The highest BCUT2D eigenvalue weighted by atomic mass is 16.7. The SMILES string of the molecule is Cc1ccc(-c2cc3c(=O)n(C[C@@H](O)c4ccc5c(c4)OCO5)ccn3n2)c(C)c1. The standard InChI is InChI=1S/C23H21N3O4/c1-14-3-5-17(15(2)9-14)18-11-19-23(28)25(7-8-26(19)24-18)12-20(27)16-4-6-21-22(10-16)30-13-29-21/h3-11,20,27H,12-13H2,1-2H3/t20-/m1/s1. The first-order valence-electron chi connectivity index (χ1n) is 9.74. The van der Waals surface area contributed by atoms with Gasteiger partial charge in [-0.05, 0) is 43.2 Å². The van der Waals surface area contributed by atoms with Gasteiger partial charge in [-0.25, -0.2) is 4.52 Å². The number of aryl methyl sites for hydroxylation is 2. The van der Waals surface area contributed by atoms with E-state index in [9.17, 15) is 9.90 Å². The van der Waals surface area contributed by atoms with Crippen LogP contribution in [0.4, 0.5) is 0 Å². The van der Waals surface area contributed by atoms with Crippen molar-refractivity contribution < 1.29 is 14.6 Å². The van der Waals surface area contributed by atoms with E-state index < -0.39 is 6.10 Å². The zero-order valence-corrected chi connectivity index (χ0v) is 16.7. The van der Waals surface area contributed by atoms with E-state index in [2.05, 4.69) is 11.2 Å². The van der Waals surface area contributed by atoms with Crippen molar-refractivity contribution in [3.8, 4) is 22.8 Å². The number of fused-ring (bicyclic) bond motifs is 2. The van der Waals surface area contributed by atoms with E-state index in [0.717, 1.165) is 16.8 Å². The van der Waals surface area contributed by atoms with Gasteiger partial charge in [0.1, 0.15) is 5.52 Å². The van der Waals surface area contributed by atoms with Crippen LogP contribution in [-0.2, 0) is 6.54 Å². The molecule has 5 rings (SSSR count). The molecule has 0 spiro atoms. The highest BCUT2D eigenvalue weighted by Crippen LogP contribution is 2.34. The normalized spacial score (nSPS) is 13.7. The molecule has 7 heteroatoms. The number of hydrogen-bond acceptors (Lipinski definition) is 5. The van der Waals surface area contributed by atoms with Crippen molar-refractivity contribution in [3.05, 3.63) is 81.9 Å². The third kappa shape index (κ3) is 3.13. The first kappa shape index (κ1) is 18.4. The van der Waals surface area contributed by atoms with Gasteiger partial charge in [0.15, 0.2) is 11.5 Å². The van der Waals surface area contributed by atoms with Crippen LogP contribution < -0.4 is 15.0 Å². The smallest absolute Gasteiger partial charge is 0.276 e. The lowest BCUT2D eigenvalue weighted by atomic mass is 10.0. The molecule has 0 bridgehead atoms. The molecule has 0 amide bonds. The minimum absolute atomic E-state index is 0.124. The Balaban J connectivity index is 1.47. The van der Waals surface area contributed by atoms with Crippen molar-refractivity contribution in [1.82, 2.24) is 14.2 Å². The number of ether oxygens (including phenoxy) is 2. The average Bonchev–Trinajstić information content (AvgIpc) is 3.36. The largest absolute Gasteiger partial charge is 0.454 e. The van der Waals surface area contributed by atoms with Gasteiger partial charge in [0.05, 0.1) is 18.3 Å². The van der Waals surface area contributed by atoms with E-state index in [1.165, 1.54) is 10.1 Å². The number of aromatic nitrogens is 3. The molecule has 152 valence electrons. The fourth-order valence-electron chi connectivity index (χ4n) is 3.81. The number of aliphatic hydroxyl groups is 1. The summed E-state index contributed by atoms with van der Waals surface area (Å²) in [5.74, 6) is 1.26. The minimum atomic E-state index is -0.860. The van der Waals surface area contributed by atoms with Crippen molar-refractivity contribution in [2.75, 3.05) is 6.79 Å². The zero-order chi connectivity index (χ0) is 20.8. The van der Waals surface area contributed by atoms with E-state index in [1.807, 2.05) is 26.0 Å². The molecule has 0 radical (unpaired) electrons. The predicted octanol–water partition coefficient (Wildman–Crippen LogP) is 3.24. The molecule has 1 aliphatic rings. The van der Waals surface area contributed by atoms with Crippen LogP contribution in [0.2, 0.25) is 0 Å². The monoisotopic (exact) mass is 403 g/mol. The van der Waals surface area contributed by atoms with Crippen molar-refractivity contribution in [1.29, 1.82) is 0 Å². The van der Waals surface area contributed by atoms with Crippen LogP contribution in [0.1, 0.15) is 22.8 Å². The molecule has 2 aromatic heterocycles. The van der Waals surface area contributed by atoms with Gasteiger partial charge in [0.25, 0.3) is 5.56 Å². The quantitative estimate of drug-likeness (QED) is 0.566. The van der Waals surface area contributed by atoms with Crippen LogP contribution in [0.5, 0.6) is 11.5 Å². The molecule has 7 nitrogen and oxygen atoms in total. The number of rotatable bonds is 4. The molecule has 30 heavy (non-hydrogen) atoms. The second-order valence-corrected chi connectivity index (χ2v) is 7.56. The molecule has 4 aromatic rings. The molecule has 0 aliphatic carbocycles. The molecule has 3 heterocycles. The van der Waals surface area contributed by atoms with Crippen LogP contribution in [0.15, 0.2) is 59.7 Å². The van der Waals surface area contributed by atoms with Crippen molar-refractivity contribution in [2.24, 2.45) is 0 Å². The molecular weight excluding hydrogens is 382 g/mol. The van der Waals surface area contributed by atoms with Gasteiger partial charge in [-0.3, -0.25) is 4.79 Å². The summed E-state index contributed by atoms with van der Waals surface area (Å²) >= 11 is 0. The molecular formula is C23H21N3O4. The van der Waals surface area contributed by atoms with Gasteiger partial charge in [0, 0.05) is 18.0 Å². The lowest BCUT2D eigenvalue weighted by molar-refractivity contribution is 0.154. The maximum Gasteiger partial charge on any atom is 0.276 e. The molecule has 0 saturated heterocycles. The van der Waals surface area contributed by atoms with Gasteiger partial charge >= 0.3 is 0 Å². The molecule has 0 unspecified atom stereocenters. The van der Waals surface area contributed by atoms with E-state index in [1.54, 1.807) is 41.2 Å². The summed E-state index contributed by atoms with van der Waals surface area (Å²) in [6.45, 7) is 4.38. The van der Waals surface area contributed by atoms with Crippen LogP contribution in [0.3, 0.4) is 0 Å². The fraction of sp³-hybridized carbons (Fsp3) is 0.217. The minimum Gasteiger partial charge on any atom is -0.454 e. The van der Waals surface area contributed by atoms with E-state index in [0.29, 0.717) is 22.6 Å². The van der Waals surface area contributed by atoms with Gasteiger partial charge in [-0.1, -0.05) is 29.8 Å². The van der Waals surface area contributed by atoms with E-state index >= 15 is 0 Å².